The quantitative estimate of drug-likeness (QED) is 0.759. The molecule has 0 aromatic carbocycles. The van der Waals surface area contributed by atoms with E-state index in [4.69, 9.17) is 11.6 Å². The lowest BCUT2D eigenvalue weighted by molar-refractivity contribution is 0.486. The molecule has 86 valence electrons. The maximum atomic E-state index is 11.9. The van der Waals surface area contributed by atoms with E-state index in [1.807, 2.05) is 0 Å². The molecule has 0 atom stereocenters. The Balaban J connectivity index is 3.17. The molecule has 0 saturated heterocycles. The molecule has 1 rings (SSSR count). The van der Waals surface area contributed by atoms with Crippen molar-refractivity contribution in [3.63, 3.8) is 0 Å². The van der Waals surface area contributed by atoms with Gasteiger partial charge in [0.2, 0.25) is 10.0 Å². The van der Waals surface area contributed by atoms with E-state index >= 15 is 0 Å². The van der Waals surface area contributed by atoms with E-state index in [2.05, 4.69) is 0 Å². The fraction of sp³-hybridized carbons (Fsp3) is 0.556. The zero-order valence-electron chi connectivity index (χ0n) is 9.07. The molecule has 1 heterocycles. The number of aryl methyl sites for hydroxylation is 1. The van der Waals surface area contributed by atoms with E-state index in [0.717, 1.165) is 5.69 Å². The van der Waals surface area contributed by atoms with Crippen molar-refractivity contribution in [3.8, 4) is 0 Å². The molecule has 15 heavy (non-hydrogen) atoms. The predicted molar refractivity (Wildman–Crippen MR) is 60.5 cm³/mol. The van der Waals surface area contributed by atoms with E-state index in [1.54, 1.807) is 37.8 Å². The van der Waals surface area contributed by atoms with Gasteiger partial charge < -0.3 is 4.57 Å². The van der Waals surface area contributed by atoms with Crippen molar-refractivity contribution in [2.24, 2.45) is 7.05 Å². The van der Waals surface area contributed by atoms with Gasteiger partial charge in [-0.05, 0) is 6.07 Å². The Bertz CT molecular complexity index is 439. The average molecular weight is 251 g/mol. The monoisotopic (exact) mass is 250 g/mol. The fourth-order valence-electron chi connectivity index (χ4n) is 1.20. The summed E-state index contributed by atoms with van der Waals surface area (Å²) in [7, 11) is -0.00828. The number of hydrogen-bond acceptors (Lipinski definition) is 2. The average Bonchev–Trinajstić information content (AvgIpc) is 2.58. The summed E-state index contributed by atoms with van der Waals surface area (Å²) in [5, 5.41) is 0. The highest BCUT2D eigenvalue weighted by molar-refractivity contribution is 7.89. The highest BCUT2D eigenvalue weighted by Gasteiger charge is 2.21. The lowest BCUT2D eigenvalue weighted by atomic mass is 10.5. The van der Waals surface area contributed by atoms with Crippen molar-refractivity contribution in [2.45, 2.75) is 17.7 Å². The molecule has 1 aromatic heterocycles. The first-order valence-corrected chi connectivity index (χ1v) is 6.58. The van der Waals surface area contributed by atoms with Crippen LogP contribution in [0.4, 0.5) is 0 Å². The predicted octanol–water partition coefficient (Wildman–Crippen LogP) is 1.40. The molecule has 6 heteroatoms. The summed E-state index contributed by atoms with van der Waals surface area (Å²) in [5.41, 5.74) is 0.791. The summed E-state index contributed by atoms with van der Waals surface area (Å²) in [4.78, 5) is 0.296. The van der Waals surface area contributed by atoms with Crippen LogP contribution in [-0.4, -0.2) is 30.9 Å². The zero-order valence-corrected chi connectivity index (χ0v) is 10.6. The lowest BCUT2D eigenvalue weighted by Crippen LogP contribution is -2.26. The zero-order chi connectivity index (χ0) is 11.6. The van der Waals surface area contributed by atoms with Crippen molar-refractivity contribution in [2.75, 3.05) is 13.6 Å². The Hall–Kier alpha value is -0.520. The standard InChI is InChI=1S/C9H15ClN2O2S/c1-4-12(3)15(13,14)9-5-8(6-10)11(2)7-9/h5,7H,4,6H2,1-3H3. The number of halogens is 1. The second-order valence-corrected chi connectivity index (χ2v) is 5.64. The van der Waals surface area contributed by atoms with Gasteiger partial charge >= 0.3 is 0 Å². The normalized spacial score (nSPS) is 12.3. The minimum atomic E-state index is -3.35. The van der Waals surface area contributed by atoms with Crippen molar-refractivity contribution >= 4 is 21.6 Å². The van der Waals surface area contributed by atoms with Crippen LogP contribution in [0.5, 0.6) is 0 Å². The third-order valence-electron chi connectivity index (χ3n) is 2.37. The van der Waals surface area contributed by atoms with Crippen LogP contribution in [0.2, 0.25) is 0 Å². The number of hydrogen-bond donors (Lipinski definition) is 0. The van der Waals surface area contributed by atoms with Crippen LogP contribution in [-0.2, 0) is 23.0 Å². The van der Waals surface area contributed by atoms with Crippen LogP contribution >= 0.6 is 11.6 Å². The molecule has 0 saturated carbocycles. The number of sulfonamides is 1. The highest BCUT2D eigenvalue weighted by Crippen LogP contribution is 2.18. The Morgan fingerprint density at radius 1 is 1.53 bits per heavy atom. The summed E-state index contributed by atoms with van der Waals surface area (Å²) in [5.74, 6) is 0.307. The molecule has 0 bridgehead atoms. The number of alkyl halides is 1. The first-order chi connectivity index (χ1) is 6.93. The van der Waals surface area contributed by atoms with Gasteiger partial charge in [-0.25, -0.2) is 12.7 Å². The lowest BCUT2D eigenvalue weighted by Gasteiger charge is -2.12. The van der Waals surface area contributed by atoms with Gasteiger partial charge in [-0.15, -0.1) is 11.6 Å². The Morgan fingerprint density at radius 3 is 2.53 bits per heavy atom. The number of rotatable bonds is 4. The summed E-state index contributed by atoms with van der Waals surface area (Å²) in [6, 6.07) is 1.61. The maximum Gasteiger partial charge on any atom is 0.244 e. The highest BCUT2D eigenvalue weighted by atomic mass is 35.5. The molecular weight excluding hydrogens is 236 g/mol. The SMILES string of the molecule is CCN(C)S(=O)(=O)c1cc(CCl)n(C)c1. The molecule has 0 amide bonds. The molecule has 0 spiro atoms. The number of nitrogens with zero attached hydrogens (tertiary/aromatic N) is 2. The van der Waals surface area contributed by atoms with Crippen LogP contribution in [0.1, 0.15) is 12.6 Å². The van der Waals surface area contributed by atoms with Crippen LogP contribution in [0.3, 0.4) is 0 Å². The third-order valence-corrected chi connectivity index (χ3v) is 4.54. The summed E-state index contributed by atoms with van der Waals surface area (Å²) in [6.45, 7) is 2.25. The van der Waals surface area contributed by atoms with Crippen LogP contribution in [0.25, 0.3) is 0 Å². The second-order valence-electron chi connectivity index (χ2n) is 3.33. The van der Waals surface area contributed by atoms with Gasteiger partial charge in [-0.1, -0.05) is 6.92 Å². The van der Waals surface area contributed by atoms with Gasteiger partial charge in [-0.2, -0.15) is 0 Å². The molecule has 0 aliphatic carbocycles. The van der Waals surface area contributed by atoms with Crippen molar-refractivity contribution in [1.29, 1.82) is 0 Å². The first kappa shape index (κ1) is 12.5. The topological polar surface area (TPSA) is 42.3 Å². The molecular formula is C9H15ClN2O2S. The summed E-state index contributed by atoms with van der Waals surface area (Å²) in [6.07, 6.45) is 1.58. The minimum absolute atomic E-state index is 0.296. The molecule has 0 N–H and O–H groups in total. The molecule has 0 aliphatic heterocycles. The van der Waals surface area contributed by atoms with E-state index in [1.165, 1.54) is 4.31 Å². The Morgan fingerprint density at radius 2 is 2.13 bits per heavy atom. The molecule has 1 aromatic rings. The molecule has 0 radical (unpaired) electrons. The molecule has 0 aliphatic rings. The molecule has 0 fully saturated rings. The van der Waals surface area contributed by atoms with Gasteiger partial charge in [0, 0.05) is 32.5 Å². The van der Waals surface area contributed by atoms with Crippen molar-refractivity contribution < 1.29 is 8.42 Å². The van der Waals surface area contributed by atoms with Gasteiger partial charge in [-0.3, -0.25) is 0 Å². The van der Waals surface area contributed by atoms with E-state index < -0.39 is 10.0 Å². The smallest absolute Gasteiger partial charge is 0.244 e. The molecule has 0 unspecified atom stereocenters. The Kier molecular flexibility index (Phi) is 3.81. The Labute approximate surface area is 95.5 Å². The minimum Gasteiger partial charge on any atom is -0.352 e. The van der Waals surface area contributed by atoms with Crippen LogP contribution in [0, 0.1) is 0 Å². The van der Waals surface area contributed by atoms with Crippen LogP contribution in [0.15, 0.2) is 17.2 Å². The van der Waals surface area contributed by atoms with Crippen molar-refractivity contribution in [1.82, 2.24) is 8.87 Å². The van der Waals surface area contributed by atoms with E-state index in [0.29, 0.717) is 17.3 Å². The number of aromatic nitrogens is 1. The largest absolute Gasteiger partial charge is 0.352 e. The third kappa shape index (κ3) is 2.35. The van der Waals surface area contributed by atoms with Crippen molar-refractivity contribution in [3.05, 3.63) is 18.0 Å². The maximum absolute atomic E-state index is 11.9. The molecule has 4 nitrogen and oxygen atoms in total. The summed E-state index contributed by atoms with van der Waals surface area (Å²) >= 11 is 5.68. The van der Waals surface area contributed by atoms with Gasteiger partial charge in [0.15, 0.2) is 0 Å². The second kappa shape index (κ2) is 4.55. The van der Waals surface area contributed by atoms with Gasteiger partial charge in [0.1, 0.15) is 4.90 Å². The van der Waals surface area contributed by atoms with Gasteiger partial charge in [0.25, 0.3) is 0 Å². The van der Waals surface area contributed by atoms with E-state index in [-0.39, 0.29) is 0 Å². The van der Waals surface area contributed by atoms with Gasteiger partial charge in [0.05, 0.1) is 5.88 Å². The first-order valence-electron chi connectivity index (χ1n) is 4.61. The summed E-state index contributed by atoms with van der Waals surface area (Å²) < 4.78 is 26.9. The van der Waals surface area contributed by atoms with E-state index in [9.17, 15) is 8.42 Å². The van der Waals surface area contributed by atoms with Crippen LogP contribution < -0.4 is 0 Å². The fourth-order valence-corrected chi connectivity index (χ4v) is 2.74.